The molecule has 1 aromatic carbocycles. The van der Waals surface area contributed by atoms with E-state index in [0.29, 0.717) is 5.56 Å². The Morgan fingerprint density at radius 3 is 2.38 bits per heavy atom. The molecule has 1 nitrogen and oxygen atoms in total. The van der Waals surface area contributed by atoms with E-state index in [2.05, 4.69) is 0 Å². The van der Waals surface area contributed by atoms with Crippen LogP contribution in [0.3, 0.4) is 0 Å². The van der Waals surface area contributed by atoms with Crippen LogP contribution >= 0.6 is 0 Å². The van der Waals surface area contributed by atoms with Gasteiger partial charge in [-0.3, -0.25) is 0 Å². The summed E-state index contributed by atoms with van der Waals surface area (Å²) in [6, 6.07) is 3.83. The van der Waals surface area contributed by atoms with Crippen LogP contribution in [0.4, 0.5) is 8.78 Å². The molecule has 70 valence electrons. The molecule has 0 aliphatic heterocycles. The smallest absolute Gasteiger partial charge is 0.159 e. The van der Waals surface area contributed by atoms with Crippen molar-refractivity contribution in [3.05, 3.63) is 35.4 Å². The van der Waals surface area contributed by atoms with Crippen molar-refractivity contribution in [1.29, 1.82) is 0 Å². The molecule has 1 saturated carbocycles. The predicted octanol–water partition coefficient (Wildman–Crippen LogP) is 1.99. The monoisotopic (exact) mass is 184 g/mol. The lowest BCUT2D eigenvalue weighted by Crippen LogP contribution is -2.12. The quantitative estimate of drug-likeness (QED) is 0.745. The highest BCUT2D eigenvalue weighted by Gasteiger charge is 2.43. The Morgan fingerprint density at radius 2 is 1.92 bits per heavy atom. The number of aliphatic hydroxyl groups excluding tert-OH is 1. The minimum atomic E-state index is -0.836. The molecule has 0 atom stereocenters. The average molecular weight is 184 g/mol. The molecule has 1 fully saturated rings. The van der Waals surface area contributed by atoms with Crippen LogP contribution < -0.4 is 0 Å². The summed E-state index contributed by atoms with van der Waals surface area (Å²) >= 11 is 0. The molecule has 0 amide bonds. The number of hydrogen-bond donors (Lipinski definition) is 1. The Morgan fingerprint density at radius 1 is 1.23 bits per heavy atom. The first-order valence-electron chi connectivity index (χ1n) is 4.24. The van der Waals surface area contributed by atoms with E-state index in [0.717, 1.165) is 18.9 Å². The highest BCUT2D eigenvalue weighted by molar-refractivity contribution is 5.32. The maximum absolute atomic E-state index is 12.8. The van der Waals surface area contributed by atoms with Crippen LogP contribution in [0.15, 0.2) is 18.2 Å². The van der Waals surface area contributed by atoms with Crippen LogP contribution in [-0.2, 0) is 5.41 Å². The van der Waals surface area contributed by atoms with Gasteiger partial charge in [0, 0.05) is 5.41 Å². The van der Waals surface area contributed by atoms with Gasteiger partial charge in [-0.2, -0.15) is 0 Å². The number of benzene rings is 1. The van der Waals surface area contributed by atoms with Crippen molar-refractivity contribution in [2.45, 2.75) is 18.3 Å². The fraction of sp³-hybridized carbons (Fsp3) is 0.400. The zero-order chi connectivity index (χ0) is 9.47. The number of rotatable bonds is 2. The summed E-state index contributed by atoms with van der Waals surface area (Å²) in [6.07, 6.45) is 1.71. The van der Waals surface area contributed by atoms with E-state index in [4.69, 9.17) is 5.11 Å². The third kappa shape index (κ3) is 1.33. The standard InChI is InChI=1S/C10H10F2O/c11-8-2-1-7(5-9(8)12)10(6-13)3-4-10/h1-2,5,13H,3-4,6H2. The molecule has 0 heterocycles. The average Bonchev–Trinajstić information content (AvgIpc) is 2.90. The summed E-state index contributed by atoms with van der Waals surface area (Å²) in [5, 5.41) is 9.05. The van der Waals surface area contributed by atoms with Gasteiger partial charge in [-0.15, -0.1) is 0 Å². The van der Waals surface area contributed by atoms with Crippen LogP contribution in [0, 0.1) is 11.6 Å². The lowest BCUT2D eigenvalue weighted by Gasteiger charge is -2.11. The lowest BCUT2D eigenvalue weighted by atomic mass is 9.97. The van der Waals surface area contributed by atoms with Gasteiger partial charge >= 0.3 is 0 Å². The molecule has 0 aromatic heterocycles. The summed E-state index contributed by atoms with van der Waals surface area (Å²) in [6.45, 7) is 0.0120. The minimum Gasteiger partial charge on any atom is -0.395 e. The molecule has 1 N–H and O–H groups in total. The van der Waals surface area contributed by atoms with E-state index >= 15 is 0 Å². The van der Waals surface area contributed by atoms with Crippen molar-refractivity contribution in [2.24, 2.45) is 0 Å². The fourth-order valence-electron chi connectivity index (χ4n) is 1.51. The van der Waals surface area contributed by atoms with Gasteiger partial charge in [0.1, 0.15) is 0 Å². The van der Waals surface area contributed by atoms with Crippen molar-refractivity contribution in [1.82, 2.24) is 0 Å². The third-order valence-electron chi connectivity index (χ3n) is 2.69. The number of aliphatic hydroxyl groups is 1. The van der Waals surface area contributed by atoms with Gasteiger partial charge in [0.2, 0.25) is 0 Å². The maximum atomic E-state index is 12.8. The van der Waals surface area contributed by atoms with Gasteiger partial charge in [-0.05, 0) is 30.5 Å². The summed E-state index contributed by atoms with van der Waals surface area (Å²) in [5.74, 6) is -1.67. The summed E-state index contributed by atoms with van der Waals surface area (Å²) in [7, 11) is 0. The summed E-state index contributed by atoms with van der Waals surface area (Å²) in [4.78, 5) is 0. The van der Waals surface area contributed by atoms with Crippen molar-refractivity contribution in [3.63, 3.8) is 0 Å². The molecule has 0 unspecified atom stereocenters. The Bertz CT molecular complexity index is 332. The van der Waals surface area contributed by atoms with E-state index in [-0.39, 0.29) is 12.0 Å². The second-order valence-electron chi connectivity index (χ2n) is 3.57. The van der Waals surface area contributed by atoms with Gasteiger partial charge in [0.25, 0.3) is 0 Å². The Kier molecular flexibility index (Phi) is 1.84. The molecule has 0 radical (unpaired) electrons. The molecule has 3 heteroatoms. The zero-order valence-corrected chi connectivity index (χ0v) is 7.06. The van der Waals surface area contributed by atoms with Crippen LogP contribution in [0.2, 0.25) is 0 Å². The molecule has 1 aromatic rings. The third-order valence-corrected chi connectivity index (χ3v) is 2.69. The first-order valence-corrected chi connectivity index (χ1v) is 4.24. The summed E-state index contributed by atoms with van der Waals surface area (Å²) < 4.78 is 25.4. The van der Waals surface area contributed by atoms with Crippen molar-refractivity contribution < 1.29 is 13.9 Å². The van der Waals surface area contributed by atoms with E-state index in [1.165, 1.54) is 6.07 Å². The van der Waals surface area contributed by atoms with Crippen LogP contribution in [0.5, 0.6) is 0 Å². The number of halogens is 2. The second-order valence-corrected chi connectivity index (χ2v) is 3.57. The van der Waals surface area contributed by atoms with Crippen molar-refractivity contribution in [3.8, 4) is 0 Å². The van der Waals surface area contributed by atoms with E-state index in [9.17, 15) is 8.78 Å². The predicted molar refractivity (Wildman–Crippen MR) is 44.4 cm³/mol. The summed E-state index contributed by atoms with van der Waals surface area (Å²) in [5.41, 5.74) is 0.419. The minimum absolute atomic E-state index is 0.0120. The molecule has 1 aliphatic rings. The SMILES string of the molecule is OCC1(c2ccc(F)c(F)c2)CC1. The molecule has 2 rings (SSSR count). The highest BCUT2D eigenvalue weighted by atomic mass is 19.2. The topological polar surface area (TPSA) is 20.2 Å². The van der Waals surface area contributed by atoms with Gasteiger partial charge in [0.15, 0.2) is 11.6 Å². The molecule has 13 heavy (non-hydrogen) atoms. The normalized spacial score (nSPS) is 18.7. The lowest BCUT2D eigenvalue weighted by molar-refractivity contribution is 0.254. The first kappa shape index (κ1) is 8.63. The van der Waals surface area contributed by atoms with Gasteiger partial charge in [-0.1, -0.05) is 6.07 Å². The Labute approximate surface area is 75.0 Å². The fourth-order valence-corrected chi connectivity index (χ4v) is 1.51. The zero-order valence-electron chi connectivity index (χ0n) is 7.06. The van der Waals surface area contributed by atoms with Crippen LogP contribution in [-0.4, -0.2) is 11.7 Å². The van der Waals surface area contributed by atoms with E-state index in [1.807, 2.05) is 0 Å². The van der Waals surface area contributed by atoms with E-state index in [1.54, 1.807) is 6.07 Å². The molecule has 1 aliphatic carbocycles. The van der Waals surface area contributed by atoms with Gasteiger partial charge in [0.05, 0.1) is 6.61 Å². The van der Waals surface area contributed by atoms with E-state index < -0.39 is 11.6 Å². The molecule has 0 bridgehead atoms. The molecule has 0 saturated heterocycles. The maximum Gasteiger partial charge on any atom is 0.159 e. The van der Waals surface area contributed by atoms with Gasteiger partial charge in [-0.25, -0.2) is 8.78 Å². The van der Waals surface area contributed by atoms with Crippen molar-refractivity contribution >= 4 is 0 Å². The second kappa shape index (κ2) is 2.77. The van der Waals surface area contributed by atoms with Crippen LogP contribution in [0.25, 0.3) is 0 Å². The van der Waals surface area contributed by atoms with Crippen LogP contribution in [0.1, 0.15) is 18.4 Å². The molecular weight excluding hydrogens is 174 g/mol. The number of hydrogen-bond acceptors (Lipinski definition) is 1. The first-order chi connectivity index (χ1) is 6.18. The Balaban J connectivity index is 2.37. The largest absolute Gasteiger partial charge is 0.395 e. The highest BCUT2D eigenvalue weighted by Crippen LogP contribution is 2.47. The Hall–Kier alpha value is -0.960. The van der Waals surface area contributed by atoms with Gasteiger partial charge < -0.3 is 5.11 Å². The molecular formula is C10H10F2O. The molecule has 0 spiro atoms. The van der Waals surface area contributed by atoms with Crippen molar-refractivity contribution in [2.75, 3.05) is 6.61 Å².